The van der Waals surface area contributed by atoms with Crippen LogP contribution in [0.2, 0.25) is 0 Å². The number of benzene rings is 2. The number of aromatic amines is 1. The summed E-state index contributed by atoms with van der Waals surface area (Å²) in [5.41, 5.74) is 4.36. The molecular formula is C26H25FN6O. The molecule has 4 heterocycles. The molecule has 3 aromatic heterocycles. The fourth-order valence-corrected chi connectivity index (χ4v) is 5.45. The van der Waals surface area contributed by atoms with Crippen LogP contribution in [0.25, 0.3) is 44.4 Å². The summed E-state index contributed by atoms with van der Waals surface area (Å²) in [5, 5.41) is 9.57. The van der Waals surface area contributed by atoms with Crippen LogP contribution in [0.15, 0.2) is 36.5 Å². The summed E-state index contributed by atoms with van der Waals surface area (Å²) >= 11 is 0. The molecule has 1 aliphatic heterocycles. The lowest BCUT2D eigenvalue weighted by Crippen LogP contribution is -2.27. The summed E-state index contributed by atoms with van der Waals surface area (Å²) in [6, 6.07) is 9.41. The normalized spacial score (nSPS) is 16.5. The number of hydrogen-bond donors (Lipinski definition) is 1. The predicted molar refractivity (Wildman–Crippen MR) is 129 cm³/mol. The van der Waals surface area contributed by atoms with E-state index in [1.54, 1.807) is 11.0 Å². The second kappa shape index (κ2) is 7.16. The molecule has 1 saturated heterocycles. The van der Waals surface area contributed by atoms with Gasteiger partial charge in [-0.25, -0.2) is 9.37 Å². The topological polar surface area (TPSA) is 71.7 Å². The quantitative estimate of drug-likeness (QED) is 0.420. The van der Waals surface area contributed by atoms with Gasteiger partial charge in [-0.1, -0.05) is 12.1 Å². The predicted octanol–water partition coefficient (Wildman–Crippen LogP) is 4.86. The minimum absolute atomic E-state index is 0.116. The average molecular weight is 457 g/mol. The number of aryl methyl sites for hydroxylation is 1. The van der Waals surface area contributed by atoms with Crippen LogP contribution in [0.1, 0.15) is 36.0 Å². The number of aromatic nitrogens is 5. The van der Waals surface area contributed by atoms with Crippen LogP contribution in [0.3, 0.4) is 0 Å². The van der Waals surface area contributed by atoms with Gasteiger partial charge < -0.3 is 14.0 Å². The number of imidazole rings is 1. The molecule has 1 amide bonds. The number of carbonyl (C=O) groups excluding carboxylic acids is 1. The van der Waals surface area contributed by atoms with E-state index in [4.69, 9.17) is 4.98 Å². The lowest BCUT2D eigenvalue weighted by Gasteiger charge is -2.15. The van der Waals surface area contributed by atoms with Gasteiger partial charge in [0.25, 0.3) is 5.91 Å². The van der Waals surface area contributed by atoms with Gasteiger partial charge in [-0.2, -0.15) is 5.10 Å². The Balaban J connectivity index is 1.42. The molecule has 0 unspecified atom stereocenters. The molecule has 172 valence electrons. The first-order valence-electron chi connectivity index (χ1n) is 12.0. The molecular weight excluding hydrogens is 431 g/mol. The standard InChI is InChI=1S/C26H25FN6O/c1-31-24-19(27)10-18(26(34)32-8-2-3-9-32)11-20(24)29-25(31)21-12-16-6-7-17-13-28-30-22(17)23(16)33(21)14-15-4-5-15/h6-7,10-13,15H,2-5,8-9,14H2,1H3,(H,28,30). The Morgan fingerprint density at radius 2 is 1.91 bits per heavy atom. The number of rotatable bonds is 4. The van der Waals surface area contributed by atoms with Crippen molar-refractivity contribution in [1.82, 2.24) is 29.2 Å². The number of nitrogens with one attached hydrogen (secondary N) is 1. The van der Waals surface area contributed by atoms with Gasteiger partial charge >= 0.3 is 0 Å². The molecule has 7 rings (SSSR count). The van der Waals surface area contributed by atoms with Crippen molar-refractivity contribution in [3.63, 3.8) is 0 Å². The van der Waals surface area contributed by atoms with Gasteiger partial charge in [0.1, 0.15) is 11.3 Å². The number of halogens is 1. The van der Waals surface area contributed by atoms with E-state index in [9.17, 15) is 4.79 Å². The molecule has 8 heteroatoms. The summed E-state index contributed by atoms with van der Waals surface area (Å²) in [5.74, 6) is 0.810. The first kappa shape index (κ1) is 19.8. The Morgan fingerprint density at radius 1 is 1.12 bits per heavy atom. The number of H-pyrrole nitrogens is 1. The smallest absolute Gasteiger partial charge is 0.254 e. The van der Waals surface area contributed by atoms with Crippen molar-refractivity contribution in [2.45, 2.75) is 32.2 Å². The zero-order valence-corrected chi connectivity index (χ0v) is 19.0. The van der Waals surface area contributed by atoms with Crippen LogP contribution < -0.4 is 0 Å². The van der Waals surface area contributed by atoms with Crippen LogP contribution in [0.4, 0.5) is 4.39 Å². The first-order valence-corrected chi connectivity index (χ1v) is 12.0. The van der Waals surface area contributed by atoms with E-state index in [0.29, 0.717) is 28.3 Å². The summed E-state index contributed by atoms with van der Waals surface area (Å²) in [4.78, 5) is 19.6. The van der Waals surface area contributed by atoms with Crippen molar-refractivity contribution < 1.29 is 9.18 Å². The molecule has 34 heavy (non-hydrogen) atoms. The molecule has 1 N–H and O–H groups in total. The number of fused-ring (bicyclic) bond motifs is 4. The molecule has 1 aliphatic carbocycles. The summed E-state index contributed by atoms with van der Waals surface area (Å²) < 4.78 is 19.4. The number of carbonyl (C=O) groups is 1. The van der Waals surface area contributed by atoms with Crippen molar-refractivity contribution in [3.8, 4) is 11.5 Å². The van der Waals surface area contributed by atoms with Crippen molar-refractivity contribution in [2.75, 3.05) is 13.1 Å². The fraction of sp³-hybridized carbons (Fsp3) is 0.346. The zero-order chi connectivity index (χ0) is 23.0. The third-order valence-corrected chi connectivity index (χ3v) is 7.40. The largest absolute Gasteiger partial charge is 0.339 e. The molecule has 0 radical (unpaired) electrons. The summed E-state index contributed by atoms with van der Waals surface area (Å²) in [6.07, 6.45) is 6.28. The van der Waals surface area contributed by atoms with Gasteiger partial charge in [0.15, 0.2) is 5.82 Å². The van der Waals surface area contributed by atoms with E-state index in [2.05, 4.69) is 33.0 Å². The Bertz CT molecular complexity index is 1600. The molecule has 1 saturated carbocycles. The van der Waals surface area contributed by atoms with Crippen LogP contribution >= 0.6 is 0 Å². The maximum atomic E-state index is 15.3. The van der Waals surface area contributed by atoms with Crippen LogP contribution in [-0.2, 0) is 13.6 Å². The van der Waals surface area contributed by atoms with Gasteiger partial charge in [0.05, 0.1) is 28.4 Å². The molecule has 0 atom stereocenters. The molecule has 7 nitrogen and oxygen atoms in total. The summed E-state index contributed by atoms with van der Waals surface area (Å²) in [7, 11) is 1.85. The molecule has 2 fully saturated rings. The average Bonchev–Trinajstić information content (AvgIpc) is 3.23. The second-order valence-electron chi connectivity index (χ2n) is 9.74. The van der Waals surface area contributed by atoms with Gasteiger partial charge in [0.2, 0.25) is 0 Å². The maximum absolute atomic E-state index is 15.3. The Kier molecular flexibility index (Phi) is 4.16. The highest BCUT2D eigenvalue weighted by Crippen LogP contribution is 2.38. The highest BCUT2D eigenvalue weighted by atomic mass is 19.1. The minimum atomic E-state index is -0.415. The molecule has 2 aromatic carbocycles. The van der Waals surface area contributed by atoms with E-state index >= 15 is 4.39 Å². The number of hydrogen-bond acceptors (Lipinski definition) is 3. The third-order valence-electron chi connectivity index (χ3n) is 7.40. The first-order chi connectivity index (χ1) is 16.6. The monoisotopic (exact) mass is 456 g/mol. The highest BCUT2D eigenvalue weighted by Gasteiger charge is 2.27. The van der Waals surface area contributed by atoms with Crippen LogP contribution in [0, 0.1) is 11.7 Å². The van der Waals surface area contributed by atoms with E-state index in [0.717, 1.165) is 60.0 Å². The second-order valence-corrected chi connectivity index (χ2v) is 9.74. The molecule has 0 bridgehead atoms. The molecule has 5 aromatic rings. The molecule has 2 aliphatic rings. The maximum Gasteiger partial charge on any atom is 0.254 e. The summed E-state index contributed by atoms with van der Waals surface area (Å²) in [6.45, 7) is 2.35. The number of amides is 1. The Hall–Kier alpha value is -3.68. The van der Waals surface area contributed by atoms with Gasteiger partial charge in [0, 0.05) is 43.0 Å². The van der Waals surface area contributed by atoms with E-state index in [-0.39, 0.29) is 5.91 Å². The van der Waals surface area contributed by atoms with Gasteiger partial charge in [-0.15, -0.1) is 0 Å². The highest BCUT2D eigenvalue weighted by molar-refractivity contribution is 6.05. The van der Waals surface area contributed by atoms with E-state index in [1.807, 2.05) is 17.8 Å². The Morgan fingerprint density at radius 3 is 2.71 bits per heavy atom. The van der Waals surface area contributed by atoms with Crippen molar-refractivity contribution in [1.29, 1.82) is 0 Å². The van der Waals surface area contributed by atoms with Crippen molar-refractivity contribution in [2.24, 2.45) is 13.0 Å². The van der Waals surface area contributed by atoms with Crippen molar-refractivity contribution >= 4 is 38.7 Å². The number of likely N-dealkylation sites (tertiary alicyclic amines) is 1. The Labute approximate surface area is 195 Å². The molecule has 0 spiro atoms. The lowest BCUT2D eigenvalue weighted by molar-refractivity contribution is 0.0792. The van der Waals surface area contributed by atoms with E-state index in [1.165, 1.54) is 18.9 Å². The fourth-order valence-electron chi connectivity index (χ4n) is 5.45. The van der Waals surface area contributed by atoms with Gasteiger partial charge in [-0.05, 0) is 49.8 Å². The van der Waals surface area contributed by atoms with Crippen molar-refractivity contribution in [3.05, 3.63) is 47.9 Å². The van der Waals surface area contributed by atoms with E-state index < -0.39 is 5.82 Å². The third kappa shape index (κ3) is 2.90. The number of nitrogens with zero attached hydrogens (tertiary/aromatic N) is 5. The van der Waals surface area contributed by atoms with Gasteiger partial charge in [-0.3, -0.25) is 9.89 Å². The van der Waals surface area contributed by atoms with Crippen LogP contribution in [0.5, 0.6) is 0 Å². The zero-order valence-electron chi connectivity index (χ0n) is 19.0. The lowest BCUT2D eigenvalue weighted by atomic mass is 10.1. The SMILES string of the molecule is Cn1c(-c2cc3ccc4cn[nH]c4c3n2CC2CC2)nc2cc(C(=O)N3CCCC3)cc(F)c21. The van der Waals surface area contributed by atoms with Crippen LogP contribution in [-0.4, -0.2) is 48.2 Å². The minimum Gasteiger partial charge on any atom is -0.339 e.